The van der Waals surface area contributed by atoms with Crippen molar-refractivity contribution in [3.8, 4) is 0 Å². The Bertz CT molecular complexity index is 1040. The van der Waals surface area contributed by atoms with Crippen LogP contribution < -0.4 is 0 Å². The molecule has 324 valence electrons. The van der Waals surface area contributed by atoms with Crippen molar-refractivity contribution >= 4 is 5.97 Å². The van der Waals surface area contributed by atoms with Gasteiger partial charge in [-0.2, -0.15) is 0 Å². The molecule has 0 aromatic heterocycles. The molecule has 1 saturated heterocycles. The highest BCUT2D eigenvalue weighted by Gasteiger charge is 2.44. The maximum atomic E-state index is 12.7. The molecular formula is C47H82O9. The molecule has 0 amide bonds. The second-order valence-electron chi connectivity index (χ2n) is 15.1. The summed E-state index contributed by atoms with van der Waals surface area (Å²) in [6.45, 7) is 4.40. The van der Waals surface area contributed by atoms with Gasteiger partial charge in [0.1, 0.15) is 30.5 Å². The van der Waals surface area contributed by atoms with Gasteiger partial charge < -0.3 is 39.4 Å². The molecule has 0 aliphatic carbocycles. The van der Waals surface area contributed by atoms with Crippen molar-refractivity contribution in [2.45, 2.75) is 205 Å². The number of hydrogen-bond donors (Lipinski definition) is 4. The Hall–Kier alpha value is -2.11. The van der Waals surface area contributed by atoms with Crippen molar-refractivity contribution in [3.63, 3.8) is 0 Å². The number of allylic oxidation sites excluding steroid dienone is 10. The van der Waals surface area contributed by atoms with Gasteiger partial charge in [-0.15, -0.1) is 0 Å². The third-order valence-corrected chi connectivity index (χ3v) is 9.95. The van der Waals surface area contributed by atoms with E-state index in [1.54, 1.807) is 0 Å². The smallest absolute Gasteiger partial charge is 0.306 e. The molecule has 1 fully saturated rings. The van der Waals surface area contributed by atoms with Crippen LogP contribution in [-0.2, 0) is 23.7 Å². The largest absolute Gasteiger partial charge is 0.457 e. The number of unbranched alkanes of at least 4 members (excludes halogenated alkanes) is 16. The van der Waals surface area contributed by atoms with Gasteiger partial charge in [0, 0.05) is 13.0 Å². The first-order valence-electron chi connectivity index (χ1n) is 22.4. The number of rotatable bonds is 37. The van der Waals surface area contributed by atoms with E-state index < -0.39 is 43.4 Å². The summed E-state index contributed by atoms with van der Waals surface area (Å²) in [5.74, 6) is -0.324. The number of aliphatic hydroxyl groups excluding tert-OH is 4. The van der Waals surface area contributed by atoms with Crippen molar-refractivity contribution in [1.29, 1.82) is 0 Å². The lowest BCUT2D eigenvalue weighted by molar-refractivity contribution is -0.305. The van der Waals surface area contributed by atoms with E-state index in [4.69, 9.17) is 18.9 Å². The summed E-state index contributed by atoms with van der Waals surface area (Å²) in [7, 11) is 0. The van der Waals surface area contributed by atoms with Gasteiger partial charge in [-0.3, -0.25) is 4.79 Å². The van der Waals surface area contributed by atoms with Crippen LogP contribution >= 0.6 is 0 Å². The SMILES string of the molecule is CC/C=C\C/C=C\C/C=C\C/C=C\C/C=C\CCCCCCCCCCCC(=O)OC(COCCCCCCCCCC)COC1OC(CO)C(O)C(O)C1O. The van der Waals surface area contributed by atoms with E-state index in [9.17, 15) is 25.2 Å². The number of hydrogen-bond acceptors (Lipinski definition) is 9. The van der Waals surface area contributed by atoms with E-state index in [2.05, 4.69) is 74.6 Å². The van der Waals surface area contributed by atoms with Crippen LogP contribution in [0.25, 0.3) is 0 Å². The fourth-order valence-corrected chi connectivity index (χ4v) is 6.46. The highest BCUT2D eigenvalue weighted by Crippen LogP contribution is 2.22. The fourth-order valence-electron chi connectivity index (χ4n) is 6.46. The molecule has 56 heavy (non-hydrogen) atoms. The van der Waals surface area contributed by atoms with Crippen molar-refractivity contribution in [1.82, 2.24) is 0 Å². The highest BCUT2D eigenvalue weighted by molar-refractivity contribution is 5.69. The molecule has 0 bridgehead atoms. The molecule has 1 aliphatic heterocycles. The molecule has 0 spiro atoms. The predicted octanol–water partition coefficient (Wildman–Crippen LogP) is 9.91. The number of esters is 1. The first-order valence-corrected chi connectivity index (χ1v) is 22.4. The summed E-state index contributed by atoms with van der Waals surface area (Å²) in [6.07, 6.45) is 41.1. The fraction of sp³-hybridized carbons (Fsp3) is 0.766. The lowest BCUT2D eigenvalue weighted by Gasteiger charge is -2.39. The number of aliphatic hydroxyl groups is 4. The van der Waals surface area contributed by atoms with Crippen LogP contribution in [0, 0.1) is 0 Å². The monoisotopic (exact) mass is 791 g/mol. The molecular weight excluding hydrogens is 709 g/mol. The molecule has 9 nitrogen and oxygen atoms in total. The van der Waals surface area contributed by atoms with Gasteiger partial charge in [0.2, 0.25) is 0 Å². The van der Waals surface area contributed by atoms with E-state index in [1.165, 1.54) is 77.0 Å². The van der Waals surface area contributed by atoms with Gasteiger partial charge in [-0.1, -0.05) is 164 Å². The van der Waals surface area contributed by atoms with Crippen molar-refractivity contribution in [3.05, 3.63) is 60.8 Å². The average molecular weight is 791 g/mol. The summed E-state index contributed by atoms with van der Waals surface area (Å²) < 4.78 is 22.7. The van der Waals surface area contributed by atoms with Gasteiger partial charge in [0.05, 0.1) is 19.8 Å². The van der Waals surface area contributed by atoms with E-state index in [0.717, 1.165) is 70.6 Å². The van der Waals surface area contributed by atoms with E-state index >= 15 is 0 Å². The summed E-state index contributed by atoms with van der Waals surface area (Å²) in [4.78, 5) is 12.7. The Labute approximate surface area is 341 Å². The Balaban J connectivity index is 2.18. The van der Waals surface area contributed by atoms with Crippen LogP contribution in [-0.4, -0.2) is 89.6 Å². The van der Waals surface area contributed by atoms with Crippen molar-refractivity contribution in [2.24, 2.45) is 0 Å². The molecule has 0 saturated carbocycles. The van der Waals surface area contributed by atoms with Crippen LogP contribution in [0.2, 0.25) is 0 Å². The molecule has 0 aromatic rings. The average Bonchev–Trinajstić information content (AvgIpc) is 3.20. The summed E-state index contributed by atoms with van der Waals surface area (Å²) in [5, 5.41) is 40.0. The van der Waals surface area contributed by atoms with Crippen LogP contribution in [0.15, 0.2) is 60.8 Å². The van der Waals surface area contributed by atoms with E-state index in [0.29, 0.717) is 13.0 Å². The van der Waals surface area contributed by atoms with Gasteiger partial charge in [-0.25, -0.2) is 0 Å². The van der Waals surface area contributed by atoms with Crippen LogP contribution in [0.1, 0.15) is 168 Å². The molecule has 1 rings (SSSR count). The van der Waals surface area contributed by atoms with Crippen LogP contribution in [0.3, 0.4) is 0 Å². The maximum absolute atomic E-state index is 12.7. The van der Waals surface area contributed by atoms with Gasteiger partial charge in [0.15, 0.2) is 6.29 Å². The zero-order valence-electron chi connectivity index (χ0n) is 35.4. The van der Waals surface area contributed by atoms with Crippen LogP contribution in [0.5, 0.6) is 0 Å². The summed E-state index contributed by atoms with van der Waals surface area (Å²) >= 11 is 0. The number of ether oxygens (including phenoxy) is 4. The first kappa shape index (κ1) is 51.9. The molecule has 0 radical (unpaired) electrons. The minimum atomic E-state index is -1.54. The molecule has 1 heterocycles. The Morgan fingerprint density at radius 2 is 1.09 bits per heavy atom. The minimum absolute atomic E-state index is 0.117. The van der Waals surface area contributed by atoms with Crippen LogP contribution in [0.4, 0.5) is 0 Å². The highest BCUT2D eigenvalue weighted by atomic mass is 16.7. The number of carbonyl (C=O) groups excluding carboxylic acids is 1. The molecule has 1 aliphatic rings. The van der Waals surface area contributed by atoms with Crippen molar-refractivity contribution < 1.29 is 44.2 Å². The second kappa shape index (κ2) is 38.4. The lowest BCUT2D eigenvalue weighted by atomic mass is 9.99. The van der Waals surface area contributed by atoms with Gasteiger partial charge >= 0.3 is 5.97 Å². The Kier molecular flexibility index (Phi) is 35.6. The van der Waals surface area contributed by atoms with E-state index in [-0.39, 0.29) is 19.2 Å². The first-order chi connectivity index (χ1) is 27.4. The van der Waals surface area contributed by atoms with Gasteiger partial charge in [-0.05, 0) is 57.8 Å². The topological polar surface area (TPSA) is 135 Å². The molecule has 6 atom stereocenters. The molecule has 9 heteroatoms. The Morgan fingerprint density at radius 1 is 0.589 bits per heavy atom. The maximum Gasteiger partial charge on any atom is 0.306 e. The Morgan fingerprint density at radius 3 is 1.64 bits per heavy atom. The lowest BCUT2D eigenvalue weighted by Crippen LogP contribution is -2.59. The zero-order valence-corrected chi connectivity index (χ0v) is 35.4. The van der Waals surface area contributed by atoms with Crippen molar-refractivity contribution in [2.75, 3.05) is 26.4 Å². The van der Waals surface area contributed by atoms with Gasteiger partial charge in [0.25, 0.3) is 0 Å². The summed E-state index contributed by atoms with van der Waals surface area (Å²) in [6, 6.07) is 0. The standard InChI is InChI=1S/C47H82O9/c1-3-5-7-9-11-13-14-15-16-17-18-19-20-21-22-23-24-25-26-27-28-29-30-32-34-36-43(49)55-41(39-53-37-35-33-31-12-10-8-6-4-2)40-54-47-46(52)45(51)44(50)42(38-48)56-47/h5,7,11,13,15-16,18-19,21-22,41-42,44-48,50-52H,3-4,6,8-10,12,14,17,20,23-40H2,1-2H3/b7-5-,13-11-,16-15-,19-18-,22-21-. The second-order valence-corrected chi connectivity index (χ2v) is 15.1. The quantitative estimate of drug-likeness (QED) is 0.0276. The minimum Gasteiger partial charge on any atom is -0.457 e. The zero-order chi connectivity index (χ0) is 40.7. The molecule has 0 aromatic carbocycles. The number of carbonyl (C=O) groups is 1. The predicted molar refractivity (Wildman–Crippen MR) is 228 cm³/mol. The summed E-state index contributed by atoms with van der Waals surface area (Å²) in [5.41, 5.74) is 0. The molecule has 4 N–H and O–H groups in total. The third kappa shape index (κ3) is 29.2. The normalized spacial score (nSPS) is 21.1. The van der Waals surface area contributed by atoms with E-state index in [1.807, 2.05) is 0 Å². The third-order valence-electron chi connectivity index (χ3n) is 9.95. The molecule has 6 unspecified atom stereocenters.